The van der Waals surface area contributed by atoms with Crippen LogP contribution >= 0.6 is 11.8 Å². The van der Waals surface area contributed by atoms with Gasteiger partial charge in [-0.05, 0) is 30.7 Å². The van der Waals surface area contributed by atoms with Gasteiger partial charge in [0.15, 0.2) is 5.16 Å². The molecule has 0 bridgehead atoms. The Morgan fingerprint density at radius 1 is 1.22 bits per heavy atom. The van der Waals surface area contributed by atoms with E-state index in [2.05, 4.69) is 15.2 Å². The summed E-state index contributed by atoms with van der Waals surface area (Å²) in [7, 11) is 1.65. The van der Waals surface area contributed by atoms with Crippen molar-refractivity contribution in [3.63, 3.8) is 0 Å². The van der Waals surface area contributed by atoms with Crippen molar-refractivity contribution in [2.75, 3.05) is 19.5 Å². The zero-order valence-electron chi connectivity index (χ0n) is 10.1. The second kappa shape index (κ2) is 6.90. The third-order valence-corrected chi connectivity index (χ3v) is 3.21. The van der Waals surface area contributed by atoms with Gasteiger partial charge in [0.1, 0.15) is 17.8 Å². The Morgan fingerprint density at radius 3 is 2.67 bits per heavy atom. The molecule has 1 aromatic heterocycles. The summed E-state index contributed by atoms with van der Waals surface area (Å²) in [6, 6.07) is 7.59. The van der Waals surface area contributed by atoms with Crippen LogP contribution in [0.2, 0.25) is 0 Å². The maximum absolute atomic E-state index is 5.61. The number of hydrogen-bond acceptors (Lipinski definition) is 5. The topological polar surface area (TPSA) is 60.0 Å². The Morgan fingerprint density at radius 2 is 2.00 bits per heavy atom. The first-order valence-corrected chi connectivity index (χ1v) is 6.62. The van der Waals surface area contributed by atoms with E-state index < -0.39 is 0 Å². The smallest absolute Gasteiger partial charge is 0.183 e. The third-order valence-electron chi connectivity index (χ3n) is 2.25. The van der Waals surface area contributed by atoms with E-state index in [0.29, 0.717) is 6.61 Å². The van der Waals surface area contributed by atoms with Crippen LogP contribution in [0.15, 0.2) is 35.7 Å². The van der Waals surface area contributed by atoms with Gasteiger partial charge in [0.25, 0.3) is 0 Å². The van der Waals surface area contributed by atoms with Gasteiger partial charge in [0.2, 0.25) is 0 Å². The fraction of sp³-hybridized carbons (Fsp3) is 0.333. The number of benzene rings is 1. The van der Waals surface area contributed by atoms with E-state index in [1.807, 2.05) is 24.3 Å². The van der Waals surface area contributed by atoms with E-state index in [0.717, 1.165) is 28.8 Å². The first-order valence-electron chi connectivity index (χ1n) is 5.63. The summed E-state index contributed by atoms with van der Waals surface area (Å²) in [5.74, 6) is 2.65. The molecule has 0 fully saturated rings. The molecule has 1 aromatic carbocycles. The van der Waals surface area contributed by atoms with Crippen LogP contribution < -0.4 is 9.47 Å². The SMILES string of the molecule is COc1ccc(OCCCSc2ncn[nH]2)cc1. The number of H-pyrrole nitrogens is 1. The van der Waals surface area contributed by atoms with E-state index in [1.165, 1.54) is 6.33 Å². The van der Waals surface area contributed by atoms with Gasteiger partial charge in [0, 0.05) is 5.75 Å². The first kappa shape index (κ1) is 12.8. The zero-order valence-corrected chi connectivity index (χ0v) is 10.9. The third kappa shape index (κ3) is 3.96. The molecule has 0 radical (unpaired) electrons. The molecule has 2 rings (SSSR count). The van der Waals surface area contributed by atoms with Crippen LogP contribution in [0.5, 0.6) is 11.5 Å². The van der Waals surface area contributed by atoms with Gasteiger partial charge in [-0.15, -0.1) is 0 Å². The van der Waals surface area contributed by atoms with Crippen LogP contribution in [0.25, 0.3) is 0 Å². The van der Waals surface area contributed by atoms with Crippen LogP contribution in [-0.4, -0.2) is 34.7 Å². The lowest BCUT2D eigenvalue weighted by molar-refractivity contribution is 0.318. The summed E-state index contributed by atoms with van der Waals surface area (Å²) < 4.78 is 10.7. The summed E-state index contributed by atoms with van der Waals surface area (Å²) >= 11 is 1.64. The number of hydrogen-bond donors (Lipinski definition) is 1. The number of ether oxygens (including phenoxy) is 2. The predicted molar refractivity (Wildman–Crippen MR) is 70.2 cm³/mol. The zero-order chi connectivity index (χ0) is 12.6. The van der Waals surface area contributed by atoms with E-state index in [9.17, 15) is 0 Å². The van der Waals surface area contributed by atoms with Gasteiger partial charge in [-0.3, -0.25) is 5.10 Å². The number of thioether (sulfide) groups is 1. The van der Waals surface area contributed by atoms with Crippen molar-refractivity contribution in [1.82, 2.24) is 15.2 Å². The molecule has 0 atom stereocenters. The van der Waals surface area contributed by atoms with Gasteiger partial charge in [-0.25, -0.2) is 4.98 Å². The number of methoxy groups -OCH3 is 1. The van der Waals surface area contributed by atoms with Gasteiger partial charge >= 0.3 is 0 Å². The number of rotatable bonds is 7. The first-order chi connectivity index (χ1) is 8.88. The quantitative estimate of drug-likeness (QED) is 0.615. The highest BCUT2D eigenvalue weighted by Gasteiger charge is 1.98. The summed E-state index contributed by atoms with van der Waals surface area (Å²) in [5.41, 5.74) is 0. The van der Waals surface area contributed by atoms with Crippen molar-refractivity contribution >= 4 is 11.8 Å². The van der Waals surface area contributed by atoms with Crippen LogP contribution in [0.1, 0.15) is 6.42 Å². The maximum atomic E-state index is 5.61. The molecule has 0 aliphatic rings. The fourth-order valence-electron chi connectivity index (χ4n) is 1.35. The van der Waals surface area contributed by atoms with Crippen molar-refractivity contribution in [3.05, 3.63) is 30.6 Å². The Labute approximate surface area is 110 Å². The highest BCUT2D eigenvalue weighted by Crippen LogP contribution is 2.17. The van der Waals surface area contributed by atoms with E-state index >= 15 is 0 Å². The molecular weight excluding hydrogens is 250 g/mol. The van der Waals surface area contributed by atoms with E-state index in [1.54, 1.807) is 18.9 Å². The molecule has 0 aliphatic heterocycles. The molecule has 0 saturated heterocycles. The lowest BCUT2D eigenvalue weighted by atomic mass is 10.3. The number of aromatic amines is 1. The van der Waals surface area contributed by atoms with Gasteiger partial charge in [0.05, 0.1) is 13.7 Å². The molecule has 0 spiro atoms. The van der Waals surface area contributed by atoms with Crippen LogP contribution in [0.3, 0.4) is 0 Å². The Kier molecular flexibility index (Phi) is 4.89. The Hall–Kier alpha value is -1.69. The molecule has 96 valence electrons. The fourth-order valence-corrected chi connectivity index (χ4v) is 2.05. The average molecular weight is 265 g/mol. The van der Waals surface area contributed by atoms with Crippen LogP contribution in [0.4, 0.5) is 0 Å². The summed E-state index contributed by atoms with van der Waals surface area (Å²) in [5, 5.41) is 7.44. The van der Waals surface area contributed by atoms with Crippen LogP contribution in [0, 0.1) is 0 Å². The molecule has 6 heteroatoms. The van der Waals surface area contributed by atoms with Crippen molar-refractivity contribution in [2.45, 2.75) is 11.6 Å². The molecule has 1 N–H and O–H groups in total. The minimum Gasteiger partial charge on any atom is -0.497 e. The van der Waals surface area contributed by atoms with E-state index in [4.69, 9.17) is 9.47 Å². The highest BCUT2D eigenvalue weighted by atomic mass is 32.2. The summed E-state index contributed by atoms with van der Waals surface area (Å²) in [4.78, 5) is 4.03. The summed E-state index contributed by atoms with van der Waals surface area (Å²) in [6.45, 7) is 0.688. The molecule has 0 saturated carbocycles. The molecule has 0 amide bonds. The van der Waals surface area contributed by atoms with Crippen molar-refractivity contribution in [3.8, 4) is 11.5 Å². The predicted octanol–water partition coefficient (Wildman–Crippen LogP) is 2.37. The highest BCUT2D eigenvalue weighted by molar-refractivity contribution is 7.99. The number of nitrogens with zero attached hydrogens (tertiary/aromatic N) is 2. The second-order valence-electron chi connectivity index (χ2n) is 3.52. The molecule has 1 heterocycles. The molecule has 2 aromatic rings. The monoisotopic (exact) mass is 265 g/mol. The van der Waals surface area contributed by atoms with Crippen molar-refractivity contribution < 1.29 is 9.47 Å². The summed E-state index contributed by atoms with van der Waals surface area (Å²) in [6.07, 6.45) is 2.47. The maximum Gasteiger partial charge on any atom is 0.183 e. The normalized spacial score (nSPS) is 10.3. The minimum atomic E-state index is 0.688. The van der Waals surface area contributed by atoms with Crippen molar-refractivity contribution in [1.29, 1.82) is 0 Å². The number of aromatic nitrogens is 3. The van der Waals surface area contributed by atoms with Gasteiger partial charge in [-0.2, -0.15) is 5.10 Å². The molecule has 0 aliphatic carbocycles. The number of nitrogens with one attached hydrogen (secondary N) is 1. The largest absolute Gasteiger partial charge is 0.497 e. The second-order valence-corrected chi connectivity index (χ2v) is 4.60. The van der Waals surface area contributed by atoms with E-state index in [-0.39, 0.29) is 0 Å². The molecule has 18 heavy (non-hydrogen) atoms. The molecule has 5 nitrogen and oxygen atoms in total. The minimum absolute atomic E-state index is 0.688. The lowest BCUT2D eigenvalue weighted by Crippen LogP contribution is -1.98. The standard InChI is InChI=1S/C12H15N3O2S/c1-16-10-3-5-11(6-4-10)17-7-2-8-18-12-13-9-14-15-12/h3-6,9H,2,7-8H2,1H3,(H,13,14,15). The Bertz CT molecular complexity index is 445. The van der Waals surface area contributed by atoms with Gasteiger partial charge in [-0.1, -0.05) is 11.8 Å². The van der Waals surface area contributed by atoms with Crippen molar-refractivity contribution in [2.24, 2.45) is 0 Å². The average Bonchev–Trinajstić information content (AvgIpc) is 2.92. The van der Waals surface area contributed by atoms with Gasteiger partial charge < -0.3 is 9.47 Å². The lowest BCUT2D eigenvalue weighted by Gasteiger charge is -2.06. The Balaban J connectivity index is 1.62. The molecule has 0 unspecified atom stereocenters. The van der Waals surface area contributed by atoms with Crippen LogP contribution in [-0.2, 0) is 0 Å². The molecular formula is C12H15N3O2S.